The summed E-state index contributed by atoms with van der Waals surface area (Å²) in [6.45, 7) is 4.37. The Bertz CT molecular complexity index is 380. The van der Waals surface area contributed by atoms with E-state index >= 15 is 0 Å². The molecule has 0 radical (unpaired) electrons. The van der Waals surface area contributed by atoms with Gasteiger partial charge in [0.25, 0.3) is 0 Å². The highest BCUT2D eigenvalue weighted by atomic mass is 79.9. The minimum absolute atomic E-state index is 0.0374. The molecule has 1 aliphatic rings. The molecular formula is C9H15BrN2O3S. The van der Waals surface area contributed by atoms with Crippen LogP contribution in [0, 0.1) is 0 Å². The van der Waals surface area contributed by atoms with Crippen molar-refractivity contribution in [3.8, 4) is 0 Å². The highest BCUT2D eigenvalue weighted by molar-refractivity contribution is 9.11. The van der Waals surface area contributed by atoms with Crippen LogP contribution in [0.1, 0.15) is 6.42 Å². The van der Waals surface area contributed by atoms with Gasteiger partial charge in [0.05, 0.1) is 11.5 Å². The van der Waals surface area contributed by atoms with Crippen molar-refractivity contribution < 1.29 is 13.2 Å². The second-order valence-corrected chi connectivity index (χ2v) is 7.11. The number of carbonyl (C=O) groups excluding carboxylic acids is 1. The van der Waals surface area contributed by atoms with E-state index in [-0.39, 0.29) is 29.9 Å². The normalized spacial score (nSPS) is 23.7. The standard InChI is InChI=1S/C9H15BrN2O3S/c1-7(10)5-12-9(13)4-8-6-16(14,15)3-2-11-8/h8,11H,1-6H2,(H,12,13). The van der Waals surface area contributed by atoms with Crippen LogP contribution in [0.5, 0.6) is 0 Å². The third-order valence-electron chi connectivity index (χ3n) is 2.21. The molecule has 1 rings (SSSR count). The van der Waals surface area contributed by atoms with Gasteiger partial charge in [-0.3, -0.25) is 4.79 Å². The Balaban J connectivity index is 2.36. The first-order valence-corrected chi connectivity index (χ1v) is 7.54. The molecule has 16 heavy (non-hydrogen) atoms. The predicted octanol–water partition coefficient (Wildman–Crippen LogP) is -0.212. The summed E-state index contributed by atoms with van der Waals surface area (Å²) in [6, 6.07) is -0.276. The molecule has 0 aromatic heterocycles. The maximum absolute atomic E-state index is 11.4. The zero-order chi connectivity index (χ0) is 12.2. The predicted molar refractivity (Wildman–Crippen MR) is 66.1 cm³/mol. The van der Waals surface area contributed by atoms with E-state index in [9.17, 15) is 13.2 Å². The second kappa shape index (κ2) is 5.79. The lowest BCUT2D eigenvalue weighted by molar-refractivity contribution is -0.121. The minimum Gasteiger partial charge on any atom is -0.351 e. The molecule has 5 nitrogen and oxygen atoms in total. The molecule has 1 aliphatic heterocycles. The van der Waals surface area contributed by atoms with Crippen LogP contribution in [0.3, 0.4) is 0 Å². The third kappa shape index (κ3) is 5.09. The topological polar surface area (TPSA) is 75.3 Å². The van der Waals surface area contributed by atoms with Gasteiger partial charge in [0.1, 0.15) is 0 Å². The van der Waals surface area contributed by atoms with Gasteiger partial charge in [-0.05, 0) is 0 Å². The first kappa shape index (κ1) is 13.7. The van der Waals surface area contributed by atoms with E-state index in [2.05, 4.69) is 33.1 Å². The van der Waals surface area contributed by atoms with Crippen molar-refractivity contribution in [1.29, 1.82) is 0 Å². The molecule has 1 fully saturated rings. The molecule has 0 bridgehead atoms. The third-order valence-corrected chi connectivity index (χ3v) is 4.23. The SMILES string of the molecule is C=C(Br)CNC(=O)CC1CS(=O)(=O)CCN1. The van der Waals surface area contributed by atoms with Crippen LogP contribution in [0.25, 0.3) is 0 Å². The van der Waals surface area contributed by atoms with Crippen molar-refractivity contribution in [2.75, 3.05) is 24.6 Å². The first-order chi connectivity index (χ1) is 7.39. The lowest BCUT2D eigenvalue weighted by atomic mass is 10.2. The van der Waals surface area contributed by atoms with Gasteiger partial charge in [0.15, 0.2) is 9.84 Å². The Labute approximate surface area is 104 Å². The van der Waals surface area contributed by atoms with Gasteiger partial charge in [-0.15, -0.1) is 0 Å². The zero-order valence-electron chi connectivity index (χ0n) is 8.83. The monoisotopic (exact) mass is 310 g/mol. The van der Waals surface area contributed by atoms with Crippen LogP contribution in [0.4, 0.5) is 0 Å². The second-order valence-electron chi connectivity index (χ2n) is 3.76. The Morgan fingerprint density at radius 3 is 2.81 bits per heavy atom. The summed E-state index contributed by atoms with van der Waals surface area (Å²) in [7, 11) is -2.98. The number of hydrogen-bond acceptors (Lipinski definition) is 4. The molecule has 1 heterocycles. The van der Waals surface area contributed by atoms with Gasteiger partial charge in [0.2, 0.25) is 5.91 Å². The number of amides is 1. The van der Waals surface area contributed by atoms with E-state index in [1.165, 1.54) is 0 Å². The minimum atomic E-state index is -2.98. The Kier molecular flexibility index (Phi) is 4.94. The first-order valence-electron chi connectivity index (χ1n) is 4.93. The molecule has 0 aromatic rings. The number of nitrogens with one attached hydrogen (secondary N) is 2. The van der Waals surface area contributed by atoms with Gasteiger partial charge in [-0.25, -0.2) is 8.42 Å². The number of rotatable bonds is 4. The average Bonchev–Trinajstić information content (AvgIpc) is 2.13. The molecule has 1 saturated heterocycles. The number of hydrogen-bond donors (Lipinski definition) is 2. The van der Waals surface area contributed by atoms with Crippen molar-refractivity contribution in [2.45, 2.75) is 12.5 Å². The quantitative estimate of drug-likeness (QED) is 0.753. The summed E-state index contributed by atoms with van der Waals surface area (Å²) in [5, 5.41) is 5.66. The Hall–Kier alpha value is -0.400. The largest absolute Gasteiger partial charge is 0.351 e. The lowest BCUT2D eigenvalue weighted by Gasteiger charge is -2.23. The summed E-state index contributed by atoms with van der Waals surface area (Å²) in [6.07, 6.45) is 0.180. The molecule has 1 unspecified atom stereocenters. The highest BCUT2D eigenvalue weighted by Crippen LogP contribution is 2.05. The molecule has 0 spiro atoms. The Morgan fingerprint density at radius 1 is 1.56 bits per heavy atom. The molecule has 1 amide bonds. The van der Waals surface area contributed by atoms with Crippen LogP contribution in [0.15, 0.2) is 11.1 Å². The fraction of sp³-hybridized carbons (Fsp3) is 0.667. The van der Waals surface area contributed by atoms with E-state index in [4.69, 9.17) is 0 Å². The summed E-state index contributed by atoms with van der Waals surface area (Å²) in [5.41, 5.74) is 0. The fourth-order valence-corrected chi connectivity index (χ4v) is 3.07. The molecule has 0 aromatic carbocycles. The molecule has 7 heteroatoms. The van der Waals surface area contributed by atoms with Crippen LogP contribution in [0.2, 0.25) is 0 Å². The number of sulfone groups is 1. The van der Waals surface area contributed by atoms with Crippen molar-refractivity contribution in [3.05, 3.63) is 11.1 Å². The smallest absolute Gasteiger partial charge is 0.221 e. The summed E-state index contributed by atoms with van der Waals surface area (Å²) in [5.74, 6) is 0.0223. The number of halogens is 1. The molecule has 0 aliphatic carbocycles. The van der Waals surface area contributed by atoms with E-state index in [0.29, 0.717) is 17.6 Å². The lowest BCUT2D eigenvalue weighted by Crippen LogP contribution is -2.47. The van der Waals surface area contributed by atoms with Crippen LogP contribution >= 0.6 is 15.9 Å². The highest BCUT2D eigenvalue weighted by Gasteiger charge is 2.25. The summed E-state index contributed by atoms with van der Waals surface area (Å²) >= 11 is 3.13. The maximum atomic E-state index is 11.4. The maximum Gasteiger partial charge on any atom is 0.221 e. The zero-order valence-corrected chi connectivity index (χ0v) is 11.2. The number of carbonyl (C=O) groups is 1. The van der Waals surface area contributed by atoms with Gasteiger partial charge in [-0.2, -0.15) is 0 Å². The molecular weight excluding hydrogens is 296 g/mol. The van der Waals surface area contributed by atoms with Crippen molar-refractivity contribution in [1.82, 2.24) is 10.6 Å². The van der Waals surface area contributed by atoms with Crippen molar-refractivity contribution >= 4 is 31.7 Å². The molecule has 1 atom stereocenters. The van der Waals surface area contributed by atoms with Gasteiger partial charge >= 0.3 is 0 Å². The van der Waals surface area contributed by atoms with Gasteiger partial charge in [-0.1, -0.05) is 22.5 Å². The van der Waals surface area contributed by atoms with Gasteiger partial charge < -0.3 is 10.6 Å². The molecule has 92 valence electrons. The molecule has 2 N–H and O–H groups in total. The van der Waals surface area contributed by atoms with Crippen LogP contribution in [-0.4, -0.2) is 45.0 Å². The fourth-order valence-electron chi connectivity index (χ4n) is 1.49. The van der Waals surface area contributed by atoms with Crippen molar-refractivity contribution in [2.24, 2.45) is 0 Å². The van der Waals surface area contributed by atoms with Crippen LogP contribution in [-0.2, 0) is 14.6 Å². The molecule has 0 saturated carbocycles. The van der Waals surface area contributed by atoms with Crippen molar-refractivity contribution in [3.63, 3.8) is 0 Å². The van der Waals surface area contributed by atoms with E-state index < -0.39 is 9.84 Å². The summed E-state index contributed by atoms with van der Waals surface area (Å²) < 4.78 is 23.3. The van der Waals surface area contributed by atoms with Crippen LogP contribution < -0.4 is 10.6 Å². The van der Waals surface area contributed by atoms with E-state index in [1.807, 2.05) is 0 Å². The van der Waals surface area contributed by atoms with Gasteiger partial charge in [0, 0.05) is 30.0 Å². The van der Waals surface area contributed by atoms with E-state index in [0.717, 1.165) is 0 Å². The Morgan fingerprint density at radius 2 is 2.25 bits per heavy atom. The summed E-state index contributed by atoms with van der Waals surface area (Å²) in [4.78, 5) is 11.4. The van der Waals surface area contributed by atoms with E-state index in [1.54, 1.807) is 0 Å². The average molecular weight is 311 g/mol.